The Bertz CT molecular complexity index is 886. The molecule has 1 saturated heterocycles. The van der Waals surface area contributed by atoms with Crippen molar-refractivity contribution < 1.29 is 18.1 Å². The molecule has 3 rings (SSSR count). The molecule has 124 valence electrons. The number of methoxy groups -OCH3 is 1. The second kappa shape index (κ2) is 6.49. The van der Waals surface area contributed by atoms with E-state index in [1.165, 1.54) is 0 Å². The van der Waals surface area contributed by atoms with Gasteiger partial charge in [-0.05, 0) is 36.4 Å². The maximum Gasteiger partial charge on any atom is 0.291 e. The lowest BCUT2D eigenvalue weighted by atomic mass is 10.1. The summed E-state index contributed by atoms with van der Waals surface area (Å²) < 4.78 is 28.4. The molecule has 2 heterocycles. The van der Waals surface area contributed by atoms with Gasteiger partial charge in [0.15, 0.2) is 9.84 Å². The number of sulfone groups is 1. The molecule has 1 aromatic carbocycles. The first-order chi connectivity index (χ1) is 11.5. The van der Waals surface area contributed by atoms with Crippen LogP contribution in [0.1, 0.15) is 12.0 Å². The van der Waals surface area contributed by atoms with Crippen LogP contribution in [0.4, 0.5) is 5.82 Å². The van der Waals surface area contributed by atoms with Crippen LogP contribution in [0.25, 0.3) is 11.3 Å². The number of pyridine rings is 1. The number of aromatic nitrogens is 1. The number of aromatic amines is 1. The molecule has 2 N–H and O–H groups in total. The standard InChI is InChI=1S/C17H17N3O3S/c1-23-15-5-2-12(3-6-15)16-7-4-13(10-18)17(20-16)19-14-8-9-24(21,22)11-14/h2-7,14H,8-9,11H2,1H3,(H,19,20)/p+1/t14-/m0/s1. The second-order valence-corrected chi connectivity index (χ2v) is 7.97. The Balaban J connectivity index is 1.89. The monoisotopic (exact) mass is 344 g/mol. The largest absolute Gasteiger partial charge is 0.497 e. The van der Waals surface area contributed by atoms with E-state index in [1.807, 2.05) is 30.3 Å². The van der Waals surface area contributed by atoms with Crippen molar-refractivity contribution in [2.24, 2.45) is 0 Å². The number of nitrogens with zero attached hydrogens (tertiary/aromatic N) is 1. The van der Waals surface area contributed by atoms with E-state index in [9.17, 15) is 13.7 Å². The van der Waals surface area contributed by atoms with Gasteiger partial charge in [0.1, 0.15) is 29.1 Å². The maximum absolute atomic E-state index is 11.6. The normalized spacial score (nSPS) is 18.8. The van der Waals surface area contributed by atoms with Gasteiger partial charge in [-0.3, -0.25) is 5.32 Å². The Labute approximate surface area is 141 Å². The third-order valence-electron chi connectivity index (χ3n) is 4.05. The molecule has 0 saturated carbocycles. The average Bonchev–Trinajstić information content (AvgIpc) is 2.93. The second-order valence-electron chi connectivity index (χ2n) is 5.75. The molecule has 1 atom stereocenters. The summed E-state index contributed by atoms with van der Waals surface area (Å²) in [5.41, 5.74) is 2.24. The lowest BCUT2D eigenvalue weighted by molar-refractivity contribution is -0.348. The Morgan fingerprint density at radius 3 is 2.58 bits per heavy atom. The van der Waals surface area contributed by atoms with Crippen LogP contribution in [0.3, 0.4) is 0 Å². The molecule has 0 aliphatic carbocycles. The molecule has 2 aromatic rings. The summed E-state index contributed by atoms with van der Waals surface area (Å²) in [7, 11) is -1.37. The Morgan fingerprint density at radius 1 is 1.25 bits per heavy atom. The number of hydrogen-bond donors (Lipinski definition) is 1. The van der Waals surface area contributed by atoms with E-state index in [2.05, 4.69) is 16.4 Å². The van der Waals surface area contributed by atoms with Gasteiger partial charge in [0.05, 0.1) is 18.6 Å². The van der Waals surface area contributed by atoms with E-state index in [-0.39, 0.29) is 17.5 Å². The Hall–Kier alpha value is -2.59. The molecule has 0 radical (unpaired) electrons. The minimum Gasteiger partial charge on any atom is -0.497 e. The fourth-order valence-corrected chi connectivity index (χ4v) is 4.43. The Kier molecular flexibility index (Phi) is 4.40. The first kappa shape index (κ1) is 16.3. The molecule has 0 spiro atoms. The van der Waals surface area contributed by atoms with Crippen molar-refractivity contribution in [3.05, 3.63) is 42.0 Å². The lowest BCUT2D eigenvalue weighted by Crippen LogP contribution is -2.27. The zero-order valence-electron chi connectivity index (χ0n) is 13.2. The van der Waals surface area contributed by atoms with Crippen molar-refractivity contribution in [1.29, 1.82) is 5.26 Å². The van der Waals surface area contributed by atoms with Crippen LogP contribution >= 0.6 is 0 Å². The molecule has 24 heavy (non-hydrogen) atoms. The third kappa shape index (κ3) is 3.49. The van der Waals surface area contributed by atoms with E-state index in [4.69, 9.17) is 4.74 Å². The van der Waals surface area contributed by atoms with Crippen LogP contribution < -0.4 is 15.0 Å². The molecule has 1 aromatic heterocycles. The van der Waals surface area contributed by atoms with Crippen LogP contribution in [0.15, 0.2) is 36.4 Å². The lowest BCUT2D eigenvalue weighted by Gasteiger charge is -2.08. The van der Waals surface area contributed by atoms with Crippen molar-refractivity contribution in [1.82, 2.24) is 0 Å². The van der Waals surface area contributed by atoms with Gasteiger partial charge in [0.2, 0.25) is 0 Å². The van der Waals surface area contributed by atoms with E-state index in [1.54, 1.807) is 13.2 Å². The van der Waals surface area contributed by atoms with Crippen molar-refractivity contribution in [2.75, 3.05) is 23.9 Å². The number of ether oxygens (including phenoxy) is 1. The quantitative estimate of drug-likeness (QED) is 0.910. The predicted octanol–water partition coefficient (Wildman–Crippen LogP) is 1.65. The fourth-order valence-electron chi connectivity index (χ4n) is 2.75. The fraction of sp³-hybridized carbons (Fsp3) is 0.294. The minimum absolute atomic E-state index is 0.0957. The molecule has 7 heteroatoms. The van der Waals surface area contributed by atoms with Gasteiger partial charge < -0.3 is 4.74 Å². The van der Waals surface area contributed by atoms with Crippen molar-refractivity contribution >= 4 is 15.7 Å². The summed E-state index contributed by atoms with van der Waals surface area (Å²) >= 11 is 0. The van der Waals surface area contributed by atoms with Crippen LogP contribution in [-0.4, -0.2) is 33.1 Å². The number of anilines is 1. The maximum atomic E-state index is 11.6. The molecule has 0 amide bonds. The highest BCUT2D eigenvalue weighted by molar-refractivity contribution is 7.91. The highest BCUT2D eigenvalue weighted by Gasteiger charge is 2.32. The number of nitriles is 1. The SMILES string of the molecule is COc1ccc(-c2ccc(C#N)c(N[C@H]3CCS(=O)(=O)C3)[nH+]2)cc1. The summed E-state index contributed by atoms with van der Waals surface area (Å²) in [6.07, 6.45) is 0.549. The van der Waals surface area contributed by atoms with E-state index in [0.29, 0.717) is 17.8 Å². The first-order valence-electron chi connectivity index (χ1n) is 7.58. The van der Waals surface area contributed by atoms with Gasteiger partial charge in [0.25, 0.3) is 5.82 Å². The van der Waals surface area contributed by atoms with Gasteiger partial charge >= 0.3 is 0 Å². The van der Waals surface area contributed by atoms with Gasteiger partial charge in [-0.1, -0.05) is 0 Å². The van der Waals surface area contributed by atoms with Gasteiger partial charge in [0, 0.05) is 12.0 Å². The zero-order valence-corrected chi connectivity index (χ0v) is 14.1. The van der Waals surface area contributed by atoms with Gasteiger partial charge in [-0.15, -0.1) is 0 Å². The smallest absolute Gasteiger partial charge is 0.291 e. The topological polar surface area (TPSA) is 93.3 Å². The predicted molar refractivity (Wildman–Crippen MR) is 90.4 cm³/mol. The molecule has 0 bridgehead atoms. The van der Waals surface area contributed by atoms with E-state index >= 15 is 0 Å². The number of benzene rings is 1. The number of hydrogen-bond acceptors (Lipinski definition) is 5. The number of rotatable bonds is 4. The zero-order chi connectivity index (χ0) is 17.2. The third-order valence-corrected chi connectivity index (χ3v) is 5.82. The summed E-state index contributed by atoms with van der Waals surface area (Å²) in [6.45, 7) is 0. The molecule has 6 nitrogen and oxygen atoms in total. The van der Waals surface area contributed by atoms with Crippen LogP contribution in [0, 0.1) is 11.3 Å². The summed E-state index contributed by atoms with van der Waals surface area (Å²) in [5.74, 6) is 1.60. The summed E-state index contributed by atoms with van der Waals surface area (Å²) in [4.78, 5) is 3.20. The molecule has 0 unspecified atom stereocenters. The van der Waals surface area contributed by atoms with Crippen molar-refractivity contribution in [2.45, 2.75) is 12.5 Å². The summed E-state index contributed by atoms with van der Waals surface area (Å²) in [5, 5.41) is 12.4. The highest BCUT2D eigenvalue weighted by Crippen LogP contribution is 2.22. The average molecular weight is 344 g/mol. The molecule has 1 fully saturated rings. The van der Waals surface area contributed by atoms with Crippen LogP contribution in [-0.2, 0) is 9.84 Å². The van der Waals surface area contributed by atoms with Gasteiger partial charge in [-0.25, -0.2) is 13.4 Å². The molecular formula is C17H18N3O3S+. The molecule has 1 aliphatic rings. The highest BCUT2D eigenvalue weighted by atomic mass is 32.2. The van der Waals surface area contributed by atoms with Crippen molar-refractivity contribution in [3.8, 4) is 23.1 Å². The number of nitrogens with one attached hydrogen (secondary N) is 2. The summed E-state index contributed by atoms with van der Waals surface area (Å²) in [6, 6.07) is 13.1. The van der Waals surface area contributed by atoms with Crippen molar-refractivity contribution in [3.63, 3.8) is 0 Å². The number of H-pyrrole nitrogens is 1. The Morgan fingerprint density at radius 2 is 2.00 bits per heavy atom. The first-order valence-corrected chi connectivity index (χ1v) is 9.41. The van der Waals surface area contributed by atoms with Crippen LogP contribution in [0.5, 0.6) is 5.75 Å². The van der Waals surface area contributed by atoms with E-state index in [0.717, 1.165) is 17.0 Å². The molecular weight excluding hydrogens is 326 g/mol. The molecule has 1 aliphatic heterocycles. The van der Waals surface area contributed by atoms with Crippen LogP contribution in [0.2, 0.25) is 0 Å². The van der Waals surface area contributed by atoms with Gasteiger partial charge in [-0.2, -0.15) is 5.26 Å². The van der Waals surface area contributed by atoms with E-state index < -0.39 is 9.84 Å². The minimum atomic E-state index is -2.98.